The predicted molar refractivity (Wildman–Crippen MR) is 85.7 cm³/mol. The van der Waals surface area contributed by atoms with Crippen molar-refractivity contribution in [1.29, 1.82) is 0 Å². The van der Waals surface area contributed by atoms with Crippen LogP contribution in [0, 0.1) is 0 Å². The van der Waals surface area contributed by atoms with Gasteiger partial charge in [0.05, 0.1) is 26.0 Å². The molecular weight excluding hydrogens is 334 g/mol. The van der Waals surface area contributed by atoms with Crippen molar-refractivity contribution in [3.8, 4) is 11.5 Å². The number of hydrogen-bond donors (Lipinski definition) is 1. The zero-order valence-electron chi connectivity index (χ0n) is 12.5. The van der Waals surface area contributed by atoms with Crippen molar-refractivity contribution < 1.29 is 13.9 Å². The molecule has 0 saturated carbocycles. The Labute approximate surface area is 133 Å². The zero-order valence-corrected chi connectivity index (χ0v) is 14.1. The SMILES string of the molecule is COc1cc(CNCc2ccco2)c(Br)cc1OC(C)C. The van der Waals surface area contributed by atoms with Gasteiger partial charge >= 0.3 is 0 Å². The highest BCUT2D eigenvalue weighted by molar-refractivity contribution is 9.10. The molecule has 0 amide bonds. The molecule has 4 nitrogen and oxygen atoms in total. The lowest BCUT2D eigenvalue weighted by atomic mass is 10.2. The number of halogens is 1. The molecule has 1 N–H and O–H groups in total. The number of furan rings is 1. The molecule has 0 aliphatic carbocycles. The Morgan fingerprint density at radius 3 is 2.67 bits per heavy atom. The van der Waals surface area contributed by atoms with Crippen molar-refractivity contribution in [2.24, 2.45) is 0 Å². The van der Waals surface area contributed by atoms with Crippen molar-refractivity contribution in [3.63, 3.8) is 0 Å². The molecule has 2 aromatic rings. The fourth-order valence-corrected chi connectivity index (χ4v) is 2.41. The average Bonchev–Trinajstić information content (AvgIpc) is 2.93. The highest BCUT2D eigenvalue weighted by Gasteiger charge is 2.11. The van der Waals surface area contributed by atoms with Crippen molar-refractivity contribution in [2.45, 2.75) is 33.0 Å². The van der Waals surface area contributed by atoms with E-state index < -0.39 is 0 Å². The van der Waals surface area contributed by atoms with Gasteiger partial charge in [-0.15, -0.1) is 0 Å². The normalized spacial score (nSPS) is 10.9. The molecule has 0 fully saturated rings. The van der Waals surface area contributed by atoms with E-state index in [2.05, 4.69) is 21.2 Å². The van der Waals surface area contributed by atoms with E-state index in [1.54, 1.807) is 13.4 Å². The molecule has 0 spiro atoms. The Bertz CT molecular complexity index is 567. The number of rotatable bonds is 7. The molecule has 1 aromatic carbocycles. The summed E-state index contributed by atoms with van der Waals surface area (Å²) in [7, 11) is 1.65. The minimum atomic E-state index is 0.105. The Balaban J connectivity index is 2.05. The van der Waals surface area contributed by atoms with Gasteiger partial charge in [0.25, 0.3) is 0 Å². The maximum absolute atomic E-state index is 5.75. The number of hydrogen-bond acceptors (Lipinski definition) is 4. The molecule has 5 heteroatoms. The topological polar surface area (TPSA) is 43.6 Å². The van der Waals surface area contributed by atoms with E-state index in [0.29, 0.717) is 13.1 Å². The molecular formula is C16H20BrNO3. The largest absolute Gasteiger partial charge is 0.493 e. The van der Waals surface area contributed by atoms with Crippen molar-refractivity contribution >= 4 is 15.9 Å². The molecule has 1 heterocycles. The van der Waals surface area contributed by atoms with Crippen LogP contribution in [0.5, 0.6) is 11.5 Å². The highest BCUT2D eigenvalue weighted by atomic mass is 79.9. The van der Waals surface area contributed by atoms with Crippen LogP contribution in [0.2, 0.25) is 0 Å². The van der Waals surface area contributed by atoms with Crippen LogP contribution in [-0.4, -0.2) is 13.2 Å². The quantitative estimate of drug-likeness (QED) is 0.812. The van der Waals surface area contributed by atoms with Gasteiger partial charge < -0.3 is 19.2 Å². The number of methoxy groups -OCH3 is 1. The fraction of sp³-hybridized carbons (Fsp3) is 0.375. The summed E-state index contributed by atoms with van der Waals surface area (Å²) in [6.45, 7) is 5.38. The molecule has 0 aliphatic heterocycles. The average molecular weight is 354 g/mol. The van der Waals surface area contributed by atoms with Crippen LogP contribution in [0.4, 0.5) is 0 Å². The molecule has 0 aliphatic rings. The Hall–Kier alpha value is -1.46. The third kappa shape index (κ3) is 4.51. The molecule has 1 aromatic heterocycles. The van der Waals surface area contributed by atoms with Gasteiger partial charge in [0.2, 0.25) is 0 Å². The Kier molecular flexibility index (Phi) is 5.70. The Morgan fingerprint density at radius 2 is 2.05 bits per heavy atom. The standard InChI is InChI=1S/C16H20BrNO3/c1-11(2)21-16-8-14(17)12(7-15(16)19-3)9-18-10-13-5-4-6-20-13/h4-8,11,18H,9-10H2,1-3H3. The smallest absolute Gasteiger partial charge is 0.162 e. The lowest BCUT2D eigenvalue weighted by molar-refractivity contribution is 0.230. The first-order valence-electron chi connectivity index (χ1n) is 6.86. The second-order valence-electron chi connectivity index (χ2n) is 4.94. The first-order chi connectivity index (χ1) is 10.1. The highest BCUT2D eigenvalue weighted by Crippen LogP contribution is 2.34. The van der Waals surface area contributed by atoms with E-state index in [4.69, 9.17) is 13.9 Å². The van der Waals surface area contributed by atoms with Crippen molar-refractivity contribution in [1.82, 2.24) is 5.32 Å². The summed E-state index contributed by atoms with van der Waals surface area (Å²) in [5.41, 5.74) is 1.11. The van der Waals surface area contributed by atoms with Crippen molar-refractivity contribution in [3.05, 3.63) is 46.3 Å². The number of nitrogens with one attached hydrogen (secondary N) is 1. The second kappa shape index (κ2) is 7.52. The molecule has 0 saturated heterocycles. The van der Waals surface area contributed by atoms with E-state index >= 15 is 0 Å². The van der Waals surface area contributed by atoms with Gasteiger partial charge in [-0.2, -0.15) is 0 Å². The molecule has 2 rings (SSSR count). The van der Waals surface area contributed by atoms with Crippen LogP contribution in [0.3, 0.4) is 0 Å². The number of ether oxygens (including phenoxy) is 2. The monoisotopic (exact) mass is 353 g/mol. The first-order valence-corrected chi connectivity index (χ1v) is 7.65. The van der Waals surface area contributed by atoms with Gasteiger partial charge in [-0.05, 0) is 43.7 Å². The van der Waals surface area contributed by atoms with E-state index in [0.717, 1.165) is 27.3 Å². The van der Waals surface area contributed by atoms with Gasteiger partial charge in [0, 0.05) is 11.0 Å². The summed E-state index contributed by atoms with van der Waals surface area (Å²) < 4.78 is 17.4. The van der Waals surface area contributed by atoms with Crippen LogP contribution in [0.15, 0.2) is 39.4 Å². The van der Waals surface area contributed by atoms with Crippen LogP contribution in [-0.2, 0) is 13.1 Å². The van der Waals surface area contributed by atoms with E-state index in [1.807, 2.05) is 38.1 Å². The predicted octanol–water partition coefficient (Wildman–Crippen LogP) is 4.13. The minimum Gasteiger partial charge on any atom is -0.493 e. The minimum absolute atomic E-state index is 0.105. The van der Waals surface area contributed by atoms with E-state index in [9.17, 15) is 0 Å². The fourth-order valence-electron chi connectivity index (χ4n) is 1.95. The first kappa shape index (κ1) is 15.9. The van der Waals surface area contributed by atoms with Crippen LogP contribution in [0.25, 0.3) is 0 Å². The maximum atomic E-state index is 5.75. The molecule has 114 valence electrons. The van der Waals surface area contributed by atoms with Gasteiger partial charge in [-0.3, -0.25) is 0 Å². The van der Waals surface area contributed by atoms with Gasteiger partial charge in [0.1, 0.15) is 5.76 Å². The summed E-state index contributed by atoms with van der Waals surface area (Å²) in [5.74, 6) is 2.40. The third-order valence-corrected chi connectivity index (χ3v) is 3.63. The van der Waals surface area contributed by atoms with Gasteiger partial charge in [-0.1, -0.05) is 15.9 Å². The van der Waals surface area contributed by atoms with Gasteiger partial charge in [0.15, 0.2) is 11.5 Å². The third-order valence-electron chi connectivity index (χ3n) is 2.89. The molecule has 0 unspecified atom stereocenters. The summed E-state index contributed by atoms with van der Waals surface area (Å²) in [6.07, 6.45) is 1.78. The van der Waals surface area contributed by atoms with E-state index in [1.165, 1.54) is 0 Å². The van der Waals surface area contributed by atoms with Crippen LogP contribution in [0.1, 0.15) is 25.2 Å². The molecule has 21 heavy (non-hydrogen) atoms. The molecule has 0 bridgehead atoms. The van der Waals surface area contributed by atoms with E-state index in [-0.39, 0.29) is 6.10 Å². The molecule has 0 atom stereocenters. The van der Waals surface area contributed by atoms with Crippen molar-refractivity contribution in [2.75, 3.05) is 7.11 Å². The van der Waals surface area contributed by atoms with Crippen LogP contribution >= 0.6 is 15.9 Å². The molecule has 0 radical (unpaired) electrons. The van der Waals surface area contributed by atoms with Gasteiger partial charge in [-0.25, -0.2) is 0 Å². The lowest BCUT2D eigenvalue weighted by Crippen LogP contribution is -2.13. The number of benzene rings is 1. The Morgan fingerprint density at radius 1 is 1.24 bits per heavy atom. The summed E-state index contributed by atoms with van der Waals surface area (Å²) in [4.78, 5) is 0. The summed E-state index contributed by atoms with van der Waals surface area (Å²) in [6, 6.07) is 7.76. The zero-order chi connectivity index (χ0) is 15.2. The second-order valence-corrected chi connectivity index (χ2v) is 5.80. The summed E-state index contributed by atoms with van der Waals surface area (Å²) in [5, 5.41) is 3.34. The maximum Gasteiger partial charge on any atom is 0.162 e. The summed E-state index contributed by atoms with van der Waals surface area (Å²) >= 11 is 3.58. The van der Waals surface area contributed by atoms with Crippen LogP contribution < -0.4 is 14.8 Å². The lowest BCUT2D eigenvalue weighted by Gasteiger charge is -2.16.